The summed E-state index contributed by atoms with van der Waals surface area (Å²) < 4.78 is 0. The lowest BCUT2D eigenvalue weighted by Gasteiger charge is -2.21. The molecule has 9 heteroatoms. The van der Waals surface area contributed by atoms with Gasteiger partial charge in [0.05, 0.1) is 5.92 Å². The molecule has 1 heterocycles. The number of nitrogens with zero attached hydrogens (tertiary/aromatic N) is 2. The summed E-state index contributed by atoms with van der Waals surface area (Å²) >= 11 is 6.07. The highest BCUT2D eigenvalue weighted by Gasteiger charge is 2.22. The molecular weight excluding hydrogens is 446 g/mol. The highest BCUT2D eigenvalue weighted by atomic mass is 35.5. The second-order valence-corrected chi connectivity index (χ2v) is 8.06. The van der Waals surface area contributed by atoms with Gasteiger partial charge in [-0.2, -0.15) is 0 Å². The second-order valence-electron chi connectivity index (χ2n) is 7.63. The molecule has 0 spiro atoms. The number of hydrogen-bond donors (Lipinski definition) is 3. The third kappa shape index (κ3) is 6.60. The average molecular weight is 468 g/mol. The van der Waals surface area contributed by atoms with Crippen LogP contribution >= 0.6 is 11.6 Å². The molecule has 0 radical (unpaired) electrons. The van der Waals surface area contributed by atoms with E-state index in [9.17, 15) is 19.5 Å². The van der Waals surface area contributed by atoms with Crippen LogP contribution in [0.1, 0.15) is 40.0 Å². The Labute approximate surface area is 195 Å². The Balaban J connectivity index is 1.77. The number of aromatic nitrogens is 2. The molecule has 1 amide bonds. The SMILES string of the molecule is C[C@@H](CC(Cc1ccc(-c2cccc(Cl)c2)cc1)NC(=O)c1ccnc(C(=O)O)n1)C(=O)O. The smallest absolute Gasteiger partial charge is 0.373 e. The number of carboxylic acids is 2. The maximum atomic E-state index is 12.7. The van der Waals surface area contributed by atoms with Gasteiger partial charge in [-0.15, -0.1) is 0 Å². The number of aromatic carboxylic acids is 1. The zero-order valence-electron chi connectivity index (χ0n) is 17.7. The molecule has 3 rings (SSSR count). The lowest BCUT2D eigenvalue weighted by molar-refractivity contribution is -0.141. The summed E-state index contributed by atoms with van der Waals surface area (Å²) in [5.41, 5.74) is 2.74. The van der Waals surface area contributed by atoms with E-state index in [2.05, 4.69) is 15.3 Å². The van der Waals surface area contributed by atoms with Crippen molar-refractivity contribution in [3.05, 3.63) is 82.9 Å². The van der Waals surface area contributed by atoms with Crippen LogP contribution in [0, 0.1) is 5.92 Å². The normalized spacial score (nSPS) is 12.5. The maximum Gasteiger partial charge on any atom is 0.373 e. The molecule has 1 unspecified atom stereocenters. The molecule has 3 aromatic rings. The molecule has 33 heavy (non-hydrogen) atoms. The first-order valence-electron chi connectivity index (χ1n) is 10.2. The Morgan fingerprint density at radius 1 is 1.03 bits per heavy atom. The molecule has 1 aromatic heterocycles. The number of aliphatic carboxylic acids is 1. The zero-order valence-corrected chi connectivity index (χ0v) is 18.5. The van der Waals surface area contributed by atoms with Gasteiger partial charge >= 0.3 is 11.9 Å². The van der Waals surface area contributed by atoms with E-state index in [0.717, 1.165) is 16.7 Å². The van der Waals surface area contributed by atoms with Gasteiger partial charge in [0.25, 0.3) is 5.91 Å². The summed E-state index contributed by atoms with van der Waals surface area (Å²) in [5.74, 6) is -4.10. The summed E-state index contributed by atoms with van der Waals surface area (Å²) in [6, 6.07) is 16.0. The van der Waals surface area contributed by atoms with Gasteiger partial charge < -0.3 is 15.5 Å². The highest BCUT2D eigenvalue weighted by Crippen LogP contribution is 2.23. The van der Waals surface area contributed by atoms with Crippen molar-refractivity contribution in [2.24, 2.45) is 5.92 Å². The molecule has 0 aliphatic carbocycles. The van der Waals surface area contributed by atoms with Gasteiger partial charge in [0.1, 0.15) is 5.69 Å². The van der Waals surface area contributed by atoms with Gasteiger partial charge in [-0.25, -0.2) is 14.8 Å². The van der Waals surface area contributed by atoms with E-state index in [0.29, 0.717) is 11.4 Å². The zero-order chi connectivity index (χ0) is 24.0. The van der Waals surface area contributed by atoms with E-state index in [1.807, 2.05) is 42.5 Å². The van der Waals surface area contributed by atoms with Crippen molar-refractivity contribution in [3.63, 3.8) is 0 Å². The number of nitrogens with one attached hydrogen (secondary N) is 1. The first kappa shape index (κ1) is 23.9. The Morgan fingerprint density at radius 2 is 1.76 bits per heavy atom. The molecule has 2 atom stereocenters. The fourth-order valence-corrected chi connectivity index (χ4v) is 3.54. The van der Waals surface area contributed by atoms with Gasteiger partial charge in [-0.3, -0.25) is 9.59 Å². The largest absolute Gasteiger partial charge is 0.481 e. The molecule has 0 fully saturated rings. The van der Waals surface area contributed by atoms with Crippen molar-refractivity contribution < 1.29 is 24.6 Å². The number of amides is 1. The monoisotopic (exact) mass is 467 g/mol. The van der Waals surface area contributed by atoms with Crippen LogP contribution < -0.4 is 5.32 Å². The lowest BCUT2D eigenvalue weighted by atomic mass is 9.95. The number of carbonyl (C=O) groups is 3. The summed E-state index contributed by atoms with van der Waals surface area (Å²) in [4.78, 5) is 42.5. The molecule has 0 saturated carbocycles. The molecule has 2 aromatic carbocycles. The Hall–Kier alpha value is -3.78. The lowest BCUT2D eigenvalue weighted by Crippen LogP contribution is -2.39. The summed E-state index contributed by atoms with van der Waals surface area (Å²) in [5, 5.41) is 21.8. The minimum absolute atomic E-state index is 0.105. The van der Waals surface area contributed by atoms with Crippen LogP contribution in [0.3, 0.4) is 0 Å². The summed E-state index contributed by atoms with van der Waals surface area (Å²) in [6.07, 6.45) is 1.76. The van der Waals surface area contributed by atoms with E-state index in [-0.39, 0.29) is 12.1 Å². The van der Waals surface area contributed by atoms with Gasteiger partial charge in [0.15, 0.2) is 0 Å². The molecule has 0 saturated heterocycles. The van der Waals surface area contributed by atoms with E-state index in [1.54, 1.807) is 13.0 Å². The number of hydrogen-bond acceptors (Lipinski definition) is 5. The van der Waals surface area contributed by atoms with E-state index in [1.165, 1.54) is 12.3 Å². The van der Waals surface area contributed by atoms with Crippen molar-refractivity contribution >= 4 is 29.4 Å². The molecule has 0 aliphatic rings. The third-order valence-corrected chi connectivity index (χ3v) is 5.30. The number of carboxylic acid groups (broad SMARTS) is 2. The fourth-order valence-electron chi connectivity index (χ4n) is 3.35. The molecule has 170 valence electrons. The molecule has 8 nitrogen and oxygen atoms in total. The van der Waals surface area contributed by atoms with Crippen molar-refractivity contribution in [2.45, 2.75) is 25.8 Å². The van der Waals surface area contributed by atoms with E-state index in [4.69, 9.17) is 16.7 Å². The number of carbonyl (C=O) groups excluding carboxylic acids is 1. The molecule has 0 aliphatic heterocycles. The number of halogens is 1. The average Bonchev–Trinajstić information content (AvgIpc) is 2.79. The number of rotatable bonds is 9. The van der Waals surface area contributed by atoms with Gasteiger partial charge in [-0.1, -0.05) is 54.9 Å². The van der Waals surface area contributed by atoms with Crippen LogP contribution in [0.5, 0.6) is 0 Å². The van der Waals surface area contributed by atoms with E-state index >= 15 is 0 Å². The summed E-state index contributed by atoms with van der Waals surface area (Å²) in [6.45, 7) is 1.57. The van der Waals surface area contributed by atoms with Crippen molar-refractivity contribution in [1.82, 2.24) is 15.3 Å². The minimum Gasteiger partial charge on any atom is -0.481 e. The molecule has 0 bridgehead atoms. The maximum absolute atomic E-state index is 12.7. The Kier molecular flexibility index (Phi) is 7.74. The Morgan fingerprint density at radius 3 is 2.39 bits per heavy atom. The van der Waals surface area contributed by atoms with Crippen LogP contribution in [0.4, 0.5) is 0 Å². The Bertz CT molecular complexity index is 1170. The highest BCUT2D eigenvalue weighted by molar-refractivity contribution is 6.30. The standard InChI is InChI=1S/C24H22ClN3O5/c1-14(23(30)31)11-19(27-22(29)20-9-10-26-21(28-20)24(32)33)12-15-5-7-16(8-6-15)17-3-2-4-18(25)13-17/h2-10,13-14,19H,11-12H2,1H3,(H,27,29)(H,30,31)(H,32,33)/t14-,19?/m0/s1. The predicted molar refractivity (Wildman–Crippen MR) is 122 cm³/mol. The van der Waals surface area contributed by atoms with Crippen molar-refractivity contribution in [2.75, 3.05) is 0 Å². The molecular formula is C24H22ClN3O5. The van der Waals surface area contributed by atoms with Gasteiger partial charge in [0.2, 0.25) is 5.82 Å². The first-order chi connectivity index (χ1) is 15.7. The van der Waals surface area contributed by atoms with Gasteiger partial charge in [-0.05, 0) is 47.7 Å². The van der Waals surface area contributed by atoms with Gasteiger partial charge in [0, 0.05) is 17.3 Å². The topological polar surface area (TPSA) is 129 Å². The van der Waals surface area contributed by atoms with Crippen LogP contribution in [0.25, 0.3) is 11.1 Å². The number of benzene rings is 2. The quantitative estimate of drug-likeness (QED) is 0.434. The van der Waals surface area contributed by atoms with Crippen LogP contribution in [-0.2, 0) is 11.2 Å². The van der Waals surface area contributed by atoms with Crippen LogP contribution in [-0.4, -0.2) is 44.1 Å². The van der Waals surface area contributed by atoms with Crippen molar-refractivity contribution in [1.29, 1.82) is 0 Å². The second kappa shape index (κ2) is 10.7. The summed E-state index contributed by atoms with van der Waals surface area (Å²) in [7, 11) is 0. The minimum atomic E-state index is -1.35. The fraction of sp³-hybridized carbons (Fsp3) is 0.208. The van der Waals surface area contributed by atoms with Crippen molar-refractivity contribution in [3.8, 4) is 11.1 Å². The van der Waals surface area contributed by atoms with Crippen LogP contribution in [0.2, 0.25) is 5.02 Å². The molecule has 3 N–H and O–H groups in total. The van der Waals surface area contributed by atoms with E-state index < -0.39 is 35.6 Å². The first-order valence-corrected chi connectivity index (χ1v) is 10.6. The predicted octanol–water partition coefficient (Wildman–Crippen LogP) is 3.95. The third-order valence-electron chi connectivity index (χ3n) is 5.07. The van der Waals surface area contributed by atoms with Crippen LogP contribution in [0.15, 0.2) is 60.8 Å².